The third-order valence-electron chi connectivity index (χ3n) is 4.76. The average molecular weight is 413 g/mol. The molecule has 0 atom stereocenters. The maximum atomic E-state index is 12.2. The summed E-state index contributed by atoms with van der Waals surface area (Å²) in [4.78, 5) is 25.0. The summed E-state index contributed by atoms with van der Waals surface area (Å²) >= 11 is 0. The number of aromatic nitrogens is 4. The molecule has 0 aliphatic heterocycles. The number of carbonyl (C=O) groups is 1. The van der Waals surface area contributed by atoms with Gasteiger partial charge >= 0.3 is 6.03 Å². The Morgan fingerprint density at radius 2 is 1.55 bits per heavy atom. The van der Waals surface area contributed by atoms with Crippen LogP contribution in [0.25, 0.3) is 5.82 Å². The van der Waals surface area contributed by atoms with E-state index in [2.05, 4.69) is 37.8 Å². The highest BCUT2D eigenvalue weighted by atomic mass is 16.2. The minimum atomic E-state index is -0.291. The lowest BCUT2D eigenvalue weighted by atomic mass is 10.1. The lowest BCUT2D eigenvalue weighted by Crippen LogP contribution is -2.19. The van der Waals surface area contributed by atoms with Crippen molar-refractivity contribution in [3.8, 4) is 5.82 Å². The quantitative estimate of drug-likeness (QED) is 0.417. The van der Waals surface area contributed by atoms with Gasteiger partial charge in [0.1, 0.15) is 23.8 Å². The second kappa shape index (κ2) is 9.08. The number of rotatable bonds is 6. The van der Waals surface area contributed by atoms with Gasteiger partial charge in [0, 0.05) is 35.5 Å². The number of hydrogen-bond acceptors (Lipinski definition) is 5. The predicted molar refractivity (Wildman–Crippen MR) is 122 cm³/mol. The molecule has 2 aromatic carbocycles. The summed E-state index contributed by atoms with van der Waals surface area (Å²) in [7, 11) is 0. The monoisotopic (exact) mass is 413 g/mol. The van der Waals surface area contributed by atoms with Gasteiger partial charge in [0.25, 0.3) is 0 Å². The summed E-state index contributed by atoms with van der Waals surface area (Å²) in [6, 6.07) is 16.7. The van der Waals surface area contributed by atoms with Gasteiger partial charge in [-0.25, -0.2) is 19.7 Å². The highest BCUT2D eigenvalue weighted by molar-refractivity contribution is 5.99. The van der Waals surface area contributed by atoms with Crippen molar-refractivity contribution < 1.29 is 4.79 Å². The molecule has 0 saturated heterocycles. The molecule has 2 amide bonds. The summed E-state index contributed by atoms with van der Waals surface area (Å²) in [5.41, 5.74) is 3.50. The van der Waals surface area contributed by atoms with Crippen LogP contribution >= 0.6 is 0 Å². The molecule has 0 aliphatic carbocycles. The van der Waals surface area contributed by atoms with Crippen LogP contribution in [0.3, 0.4) is 0 Å². The van der Waals surface area contributed by atoms with E-state index in [9.17, 15) is 4.79 Å². The molecule has 4 rings (SSSR count). The second-order valence-electron chi connectivity index (χ2n) is 6.94. The lowest BCUT2D eigenvalue weighted by molar-refractivity contribution is 0.262. The minimum absolute atomic E-state index is 0.291. The van der Waals surface area contributed by atoms with E-state index in [-0.39, 0.29) is 6.03 Å². The first-order valence-electron chi connectivity index (χ1n) is 9.97. The first-order valence-corrected chi connectivity index (χ1v) is 9.97. The SMILES string of the molecule is CCc1ccc(NC(=O)Nc2ccc(Nc3cc(-n4ccnc4C)ncn3)cc2)cc1. The van der Waals surface area contributed by atoms with Crippen molar-refractivity contribution >= 4 is 28.9 Å². The topological polar surface area (TPSA) is 96.8 Å². The fourth-order valence-corrected chi connectivity index (χ4v) is 3.07. The molecular weight excluding hydrogens is 390 g/mol. The molecule has 156 valence electrons. The Hall–Kier alpha value is -4.20. The Bertz CT molecular complexity index is 1170. The number of aryl methyl sites for hydroxylation is 2. The zero-order valence-electron chi connectivity index (χ0n) is 17.3. The molecule has 2 heterocycles. The normalized spacial score (nSPS) is 10.5. The van der Waals surface area contributed by atoms with Crippen LogP contribution in [-0.4, -0.2) is 25.6 Å². The molecule has 0 unspecified atom stereocenters. The van der Waals surface area contributed by atoms with Crippen molar-refractivity contribution in [3.63, 3.8) is 0 Å². The van der Waals surface area contributed by atoms with Gasteiger partial charge in [-0.2, -0.15) is 0 Å². The maximum Gasteiger partial charge on any atom is 0.323 e. The molecule has 4 aromatic rings. The molecule has 0 bridgehead atoms. The molecular formula is C23H23N7O. The number of urea groups is 1. The van der Waals surface area contributed by atoms with Crippen molar-refractivity contribution in [1.29, 1.82) is 0 Å². The van der Waals surface area contributed by atoms with Crippen LogP contribution in [-0.2, 0) is 6.42 Å². The summed E-state index contributed by atoms with van der Waals surface area (Å²) in [6.07, 6.45) is 6.05. The van der Waals surface area contributed by atoms with Crippen molar-refractivity contribution in [2.45, 2.75) is 20.3 Å². The molecule has 0 fully saturated rings. The lowest BCUT2D eigenvalue weighted by Gasteiger charge is -2.10. The molecule has 0 aliphatic rings. The molecule has 0 radical (unpaired) electrons. The minimum Gasteiger partial charge on any atom is -0.340 e. The van der Waals surface area contributed by atoms with Crippen LogP contribution in [0, 0.1) is 6.92 Å². The van der Waals surface area contributed by atoms with Gasteiger partial charge in [0.05, 0.1) is 0 Å². The molecule has 3 N–H and O–H groups in total. The number of hydrogen-bond donors (Lipinski definition) is 3. The summed E-state index contributed by atoms with van der Waals surface area (Å²) in [5.74, 6) is 2.24. The largest absolute Gasteiger partial charge is 0.340 e. The van der Waals surface area contributed by atoms with E-state index in [0.29, 0.717) is 11.5 Å². The highest BCUT2D eigenvalue weighted by Gasteiger charge is 2.06. The van der Waals surface area contributed by atoms with E-state index >= 15 is 0 Å². The number of anilines is 4. The number of benzene rings is 2. The van der Waals surface area contributed by atoms with Crippen LogP contribution in [0.1, 0.15) is 18.3 Å². The van der Waals surface area contributed by atoms with E-state index < -0.39 is 0 Å². The standard InChI is InChI=1S/C23H23N7O/c1-3-17-4-6-19(7-5-17)28-23(31)29-20-10-8-18(9-11-20)27-21-14-22(26-15-25-21)30-13-12-24-16(30)2/h4-15H,3H2,1-2H3,(H,25,26,27)(H2,28,29,31). The second-order valence-corrected chi connectivity index (χ2v) is 6.94. The van der Waals surface area contributed by atoms with Crippen molar-refractivity contribution in [2.75, 3.05) is 16.0 Å². The Kier molecular flexibility index (Phi) is 5.89. The van der Waals surface area contributed by atoms with Crippen LogP contribution in [0.5, 0.6) is 0 Å². The van der Waals surface area contributed by atoms with Gasteiger partial charge in [-0.05, 0) is 55.3 Å². The van der Waals surface area contributed by atoms with Gasteiger partial charge in [0.15, 0.2) is 0 Å². The van der Waals surface area contributed by atoms with E-state index in [0.717, 1.165) is 29.4 Å². The van der Waals surface area contributed by atoms with Crippen LogP contribution in [0.2, 0.25) is 0 Å². The third-order valence-corrected chi connectivity index (χ3v) is 4.76. The molecule has 0 saturated carbocycles. The summed E-state index contributed by atoms with van der Waals surface area (Å²) in [6.45, 7) is 4.01. The van der Waals surface area contributed by atoms with Crippen LogP contribution < -0.4 is 16.0 Å². The maximum absolute atomic E-state index is 12.2. The van der Waals surface area contributed by atoms with Gasteiger partial charge < -0.3 is 16.0 Å². The first kappa shape index (κ1) is 20.1. The highest BCUT2D eigenvalue weighted by Crippen LogP contribution is 2.19. The van der Waals surface area contributed by atoms with Gasteiger partial charge in [-0.15, -0.1) is 0 Å². The van der Waals surface area contributed by atoms with Crippen LogP contribution in [0.4, 0.5) is 27.7 Å². The molecule has 2 aromatic heterocycles. The zero-order chi connectivity index (χ0) is 21.6. The van der Waals surface area contributed by atoms with E-state index in [1.165, 1.54) is 11.9 Å². The Morgan fingerprint density at radius 1 is 0.903 bits per heavy atom. The Balaban J connectivity index is 1.37. The molecule has 31 heavy (non-hydrogen) atoms. The molecule has 8 nitrogen and oxygen atoms in total. The van der Waals surface area contributed by atoms with E-state index in [1.54, 1.807) is 6.20 Å². The van der Waals surface area contributed by atoms with E-state index in [1.807, 2.05) is 72.3 Å². The summed E-state index contributed by atoms with van der Waals surface area (Å²) < 4.78 is 1.88. The Labute approximate surface area is 180 Å². The van der Waals surface area contributed by atoms with Gasteiger partial charge in [0.2, 0.25) is 0 Å². The Morgan fingerprint density at radius 3 is 2.16 bits per heavy atom. The van der Waals surface area contributed by atoms with Crippen LogP contribution in [0.15, 0.2) is 73.3 Å². The number of amides is 2. The van der Waals surface area contributed by atoms with Crippen molar-refractivity contribution in [2.24, 2.45) is 0 Å². The zero-order valence-corrected chi connectivity index (χ0v) is 17.3. The number of nitrogens with zero attached hydrogens (tertiary/aromatic N) is 4. The fourth-order valence-electron chi connectivity index (χ4n) is 3.07. The smallest absolute Gasteiger partial charge is 0.323 e. The fraction of sp³-hybridized carbons (Fsp3) is 0.130. The van der Waals surface area contributed by atoms with Gasteiger partial charge in [-0.3, -0.25) is 4.57 Å². The average Bonchev–Trinajstić information content (AvgIpc) is 3.22. The third kappa shape index (κ3) is 5.05. The number of imidazole rings is 1. The van der Waals surface area contributed by atoms with Gasteiger partial charge in [-0.1, -0.05) is 19.1 Å². The van der Waals surface area contributed by atoms with Crippen molar-refractivity contribution in [3.05, 3.63) is 84.7 Å². The summed E-state index contributed by atoms with van der Waals surface area (Å²) in [5, 5.41) is 8.90. The number of nitrogens with one attached hydrogen (secondary N) is 3. The predicted octanol–water partition coefficient (Wildman–Crippen LogP) is 4.92. The van der Waals surface area contributed by atoms with E-state index in [4.69, 9.17) is 0 Å². The first-order chi connectivity index (χ1) is 15.1. The number of carbonyl (C=O) groups excluding carboxylic acids is 1. The molecule has 0 spiro atoms. The molecule has 8 heteroatoms. The van der Waals surface area contributed by atoms with Crippen molar-refractivity contribution in [1.82, 2.24) is 19.5 Å².